The van der Waals surface area contributed by atoms with Crippen LogP contribution in [0.3, 0.4) is 0 Å². The highest BCUT2D eigenvalue weighted by Gasteiger charge is 2.40. The second-order valence-electron chi connectivity index (χ2n) is 8.51. The summed E-state index contributed by atoms with van der Waals surface area (Å²) in [7, 11) is 0. The Labute approximate surface area is 174 Å². The molecule has 1 saturated heterocycles. The Morgan fingerprint density at radius 3 is 2.83 bits per heavy atom. The molecule has 2 N–H and O–H groups in total. The van der Waals surface area contributed by atoms with E-state index in [1.165, 1.54) is 4.90 Å². The van der Waals surface area contributed by atoms with Crippen molar-refractivity contribution in [3.8, 4) is 17.0 Å². The first-order chi connectivity index (χ1) is 14.4. The number of carbonyl (C=O) groups is 1. The number of pyridine rings is 1. The largest absolute Gasteiger partial charge is 0.488 e. The molecular formula is C22H25N5O3. The zero-order valence-electron chi connectivity index (χ0n) is 17.1. The molecule has 1 atom stereocenters. The van der Waals surface area contributed by atoms with Crippen molar-refractivity contribution in [2.75, 3.05) is 24.5 Å². The maximum Gasteiger partial charge on any atom is 0.407 e. The lowest BCUT2D eigenvalue weighted by Gasteiger charge is -2.38. The summed E-state index contributed by atoms with van der Waals surface area (Å²) < 4.78 is 6.13. The molecular weight excluding hydrogens is 382 g/mol. The Kier molecular flexibility index (Phi) is 4.30. The number of nitrogens with one attached hydrogen (secondary N) is 1. The topological polar surface area (TPSA) is 94.6 Å². The van der Waals surface area contributed by atoms with E-state index in [1.54, 1.807) is 6.20 Å². The van der Waals surface area contributed by atoms with Gasteiger partial charge in [-0.1, -0.05) is 0 Å². The van der Waals surface area contributed by atoms with E-state index in [1.807, 2.05) is 37.3 Å². The maximum absolute atomic E-state index is 11.3. The van der Waals surface area contributed by atoms with E-state index in [9.17, 15) is 9.90 Å². The van der Waals surface area contributed by atoms with Crippen LogP contribution in [0.5, 0.6) is 5.75 Å². The SMILES string of the molecule is C[C@H]1CN(c2cc(-c3n[nH]c4ccc(OC5(C)CC5)cc34)ccn2)CCN1C(=O)O. The number of anilines is 1. The maximum atomic E-state index is 11.3. The normalized spacial score (nSPS) is 20.4. The Bertz CT molecular complexity index is 1110. The fraction of sp³-hybridized carbons (Fsp3) is 0.409. The van der Waals surface area contributed by atoms with Gasteiger partial charge in [0.05, 0.1) is 5.52 Å². The van der Waals surface area contributed by atoms with Gasteiger partial charge in [0.25, 0.3) is 0 Å². The van der Waals surface area contributed by atoms with Crippen molar-refractivity contribution >= 4 is 22.8 Å². The van der Waals surface area contributed by atoms with Crippen LogP contribution in [0.15, 0.2) is 36.5 Å². The van der Waals surface area contributed by atoms with Gasteiger partial charge in [-0.2, -0.15) is 5.10 Å². The minimum atomic E-state index is -0.870. The van der Waals surface area contributed by atoms with Crippen molar-refractivity contribution in [1.29, 1.82) is 0 Å². The molecule has 30 heavy (non-hydrogen) atoms. The zero-order chi connectivity index (χ0) is 20.9. The fourth-order valence-corrected chi connectivity index (χ4v) is 4.03. The first kappa shape index (κ1) is 18.7. The molecule has 2 aromatic heterocycles. The Balaban J connectivity index is 1.43. The van der Waals surface area contributed by atoms with Gasteiger partial charge in [-0.15, -0.1) is 0 Å². The van der Waals surface area contributed by atoms with Gasteiger partial charge >= 0.3 is 6.09 Å². The van der Waals surface area contributed by atoms with Crippen LogP contribution < -0.4 is 9.64 Å². The number of piperazine rings is 1. The van der Waals surface area contributed by atoms with Crippen molar-refractivity contribution in [2.24, 2.45) is 0 Å². The molecule has 5 rings (SSSR count). The van der Waals surface area contributed by atoms with Gasteiger partial charge in [0.1, 0.15) is 22.9 Å². The van der Waals surface area contributed by atoms with Crippen LogP contribution in [0.4, 0.5) is 10.6 Å². The van der Waals surface area contributed by atoms with Gasteiger partial charge in [-0.25, -0.2) is 9.78 Å². The third kappa shape index (κ3) is 3.42. The van der Waals surface area contributed by atoms with Gasteiger partial charge in [0, 0.05) is 42.8 Å². The number of ether oxygens (including phenoxy) is 1. The fourth-order valence-electron chi connectivity index (χ4n) is 4.03. The minimum Gasteiger partial charge on any atom is -0.488 e. The van der Waals surface area contributed by atoms with Crippen LogP contribution in [-0.4, -0.2) is 62.6 Å². The number of fused-ring (bicyclic) bond motifs is 1. The average Bonchev–Trinajstić information content (AvgIpc) is 3.30. The van der Waals surface area contributed by atoms with E-state index in [-0.39, 0.29) is 11.6 Å². The van der Waals surface area contributed by atoms with Gasteiger partial charge in [-0.05, 0) is 57.0 Å². The predicted molar refractivity (Wildman–Crippen MR) is 114 cm³/mol. The van der Waals surface area contributed by atoms with E-state index < -0.39 is 6.09 Å². The molecule has 1 aromatic carbocycles. The Morgan fingerprint density at radius 1 is 1.27 bits per heavy atom. The van der Waals surface area contributed by atoms with Gasteiger partial charge < -0.3 is 19.6 Å². The monoisotopic (exact) mass is 407 g/mol. The summed E-state index contributed by atoms with van der Waals surface area (Å²) in [5.41, 5.74) is 2.75. The summed E-state index contributed by atoms with van der Waals surface area (Å²) in [4.78, 5) is 19.5. The summed E-state index contributed by atoms with van der Waals surface area (Å²) in [5.74, 6) is 1.69. The summed E-state index contributed by atoms with van der Waals surface area (Å²) in [5, 5.41) is 18.0. The zero-order valence-corrected chi connectivity index (χ0v) is 17.1. The molecule has 156 valence electrons. The number of aromatic amines is 1. The Hall–Kier alpha value is -3.29. The molecule has 1 amide bonds. The highest BCUT2D eigenvalue weighted by Crippen LogP contribution is 2.40. The molecule has 0 radical (unpaired) electrons. The number of amides is 1. The first-order valence-corrected chi connectivity index (χ1v) is 10.3. The number of nitrogens with zero attached hydrogens (tertiary/aromatic N) is 4. The average molecular weight is 407 g/mol. The first-order valence-electron chi connectivity index (χ1n) is 10.3. The van der Waals surface area contributed by atoms with Gasteiger partial charge in [0.15, 0.2) is 0 Å². The summed E-state index contributed by atoms with van der Waals surface area (Å²) in [6.45, 7) is 5.75. The summed E-state index contributed by atoms with van der Waals surface area (Å²) in [6.07, 6.45) is 3.09. The van der Waals surface area contributed by atoms with E-state index in [0.717, 1.165) is 46.6 Å². The molecule has 3 aromatic rings. The third-order valence-corrected chi connectivity index (χ3v) is 6.07. The van der Waals surface area contributed by atoms with E-state index in [2.05, 4.69) is 27.0 Å². The molecule has 0 unspecified atom stereocenters. The standard InChI is InChI=1S/C22H25N5O3/c1-14-13-26(9-10-27(14)21(28)29)19-11-15(5-8-23-19)20-17-12-16(30-22(2)6-7-22)3-4-18(17)24-25-20/h3-5,8,11-12,14H,6-7,9-10,13H2,1-2H3,(H,24,25)(H,28,29)/t14-/m0/s1. The number of benzene rings is 1. The van der Waals surface area contributed by atoms with Crippen LogP contribution in [-0.2, 0) is 0 Å². The molecule has 1 aliphatic heterocycles. The molecule has 2 fully saturated rings. The lowest BCUT2D eigenvalue weighted by Crippen LogP contribution is -2.53. The second-order valence-corrected chi connectivity index (χ2v) is 8.51. The molecule has 8 nitrogen and oxygen atoms in total. The van der Waals surface area contributed by atoms with Crippen LogP contribution in [0, 0.1) is 0 Å². The van der Waals surface area contributed by atoms with Gasteiger partial charge in [0.2, 0.25) is 0 Å². The van der Waals surface area contributed by atoms with Crippen molar-refractivity contribution < 1.29 is 14.6 Å². The highest BCUT2D eigenvalue weighted by molar-refractivity contribution is 5.94. The molecule has 3 heterocycles. The minimum absolute atomic E-state index is 0.0315. The van der Waals surface area contributed by atoms with E-state index in [4.69, 9.17) is 4.74 Å². The Morgan fingerprint density at radius 2 is 2.10 bits per heavy atom. The number of H-pyrrole nitrogens is 1. The number of hydrogen-bond donors (Lipinski definition) is 2. The van der Waals surface area contributed by atoms with Crippen molar-refractivity contribution in [1.82, 2.24) is 20.1 Å². The highest BCUT2D eigenvalue weighted by atomic mass is 16.5. The molecule has 0 bridgehead atoms. The number of aromatic nitrogens is 3. The molecule has 1 saturated carbocycles. The lowest BCUT2D eigenvalue weighted by atomic mass is 10.1. The van der Waals surface area contributed by atoms with Crippen molar-refractivity contribution in [3.05, 3.63) is 36.5 Å². The number of hydrogen-bond acceptors (Lipinski definition) is 5. The lowest BCUT2D eigenvalue weighted by molar-refractivity contribution is 0.122. The molecule has 1 aliphatic carbocycles. The van der Waals surface area contributed by atoms with E-state index >= 15 is 0 Å². The van der Waals surface area contributed by atoms with Crippen molar-refractivity contribution in [2.45, 2.75) is 38.3 Å². The molecule has 0 spiro atoms. The van der Waals surface area contributed by atoms with Crippen molar-refractivity contribution in [3.63, 3.8) is 0 Å². The quantitative estimate of drug-likeness (QED) is 0.684. The van der Waals surface area contributed by atoms with Gasteiger partial charge in [-0.3, -0.25) is 5.10 Å². The number of carboxylic acid groups (broad SMARTS) is 1. The molecule has 2 aliphatic rings. The number of rotatable bonds is 4. The van der Waals surface area contributed by atoms with Crippen LogP contribution >= 0.6 is 0 Å². The third-order valence-electron chi connectivity index (χ3n) is 6.07. The van der Waals surface area contributed by atoms with E-state index in [0.29, 0.717) is 19.6 Å². The van der Waals surface area contributed by atoms with Crippen LogP contribution in [0.25, 0.3) is 22.2 Å². The second kappa shape index (κ2) is 6.90. The van der Waals surface area contributed by atoms with Crippen LogP contribution in [0.2, 0.25) is 0 Å². The molecule has 8 heteroatoms. The van der Waals surface area contributed by atoms with Crippen LogP contribution in [0.1, 0.15) is 26.7 Å². The summed E-state index contributed by atoms with van der Waals surface area (Å²) >= 11 is 0. The summed E-state index contributed by atoms with van der Waals surface area (Å²) in [6, 6.07) is 9.92. The predicted octanol–water partition coefficient (Wildman–Crippen LogP) is 3.74. The smallest absolute Gasteiger partial charge is 0.407 e.